The minimum atomic E-state index is -4.54. The summed E-state index contributed by atoms with van der Waals surface area (Å²) < 4.78 is 34.3. The first-order valence-electron chi connectivity index (χ1n) is 6.03. The standard InChI is InChI=1S/C12H19O9P/c1-7(2)11(13)17-9(5)19-22(16,21-15)20-10(6)18-12(14)8(3)4/h9-10,15H,1,3H2,2,4-6H3. The van der Waals surface area contributed by atoms with Crippen molar-refractivity contribution in [3.05, 3.63) is 24.3 Å². The molecule has 0 aromatic heterocycles. The molecule has 0 aliphatic carbocycles. The van der Waals surface area contributed by atoms with Crippen molar-refractivity contribution in [3.8, 4) is 0 Å². The summed E-state index contributed by atoms with van der Waals surface area (Å²) in [5.41, 5.74) is 0.166. The summed E-state index contributed by atoms with van der Waals surface area (Å²) in [7, 11) is -4.54. The fourth-order valence-electron chi connectivity index (χ4n) is 0.973. The molecule has 126 valence electrons. The fraction of sp³-hybridized carbons (Fsp3) is 0.500. The summed E-state index contributed by atoms with van der Waals surface area (Å²) in [5, 5.41) is 8.64. The van der Waals surface area contributed by atoms with Gasteiger partial charge < -0.3 is 9.47 Å². The third kappa shape index (κ3) is 7.48. The Labute approximate surface area is 128 Å². The Morgan fingerprint density at radius 3 is 1.50 bits per heavy atom. The van der Waals surface area contributed by atoms with Gasteiger partial charge in [0, 0.05) is 11.1 Å². The predicted molar refractivity (Wildman–Crippen MR) is 74.2 cm³/mol. The molecule has 10 heteroatoms. The molecule has 2 atom stereocenters. The summed E-state index contributed by atoms with van der Waals surface area (Å²) in [6.07, 6.45) is -2.77. The Kier molecular flexibility index (Phi) is 8.21. The van der Waals surface area contributed by atoms with Crippen LogP contribution in [0.3, 0.4) is 0 Å². The largest absolute Gasteiger partial charge is 0.508 e. The number of carbonyl (C=O) groups is 2. The monoisotopic (exact) mass is 338 g/mol. The molecule has 9 nitrogen and oxygen atoms in total. The number of hydrogen-bond donors (Lipinski definition) is 1. The Morgan fingerprint density at radius 2 is 1.27 bits per heavy atom. The second-order valence-electron chi connectivity index (χ2n) is 4.25. The van der Waals surface area contributed by atoms with E-state index in [1.807, 2.05) is 0 Å². The number of rotatable bonds is 9. The third-order valence-electron chi connectivity index (χ3n) is 1.90. The van der Waals surface area contributed by atoms with Crippen molar-refractivity contribution in [3.63, 3.8) is 0 Å². The van der Waals surface area contributed by atoms with Gasteiger partial charge in [-0.05, 0) is 27.7 Å². The molecule has 22 heavy (non-hydrogen) atoms. The average molecular weight is 338 g/mol. The number of hydrogen-bond acceptors (Lipinski definition) is 9. The number of phosphoric acid groups is 1. The van der Waals surface area contributed by atoms with Crippen LogP contribution in [0.4, 0.5) is 0 Å². The fourth-order valence-corrected chi connectivity index (χ4v) is 1.91. The number of esters is 2. The van der Waals surface area contributed by atoms with Crippen molar-refractivity contribution in [1.82, 2.24) is 0 Å². The van der Waals surface area contributed by atoms with Crippen molar-refractivity contribution < 1.29 is 42.6 Å². The number of carbonyl (C=O) groups excluding carboxylic acids is 2. The van der Waals surface area contributed by atoms with Crippen molar-refractivity contribution in [2.75, 3.05) is 0 Å². The molecular weight excluding hydrogens is 319 g/mol. The van der Waals surface area contributed by atoms with Gasteiger partial charge in [-0.3, -0.25) is 0 Å². The van der Waals surface area contributed by atoms with Gasteiger partial charge in [0.25, 0.3) is 0 Å². The SMILES string of the molecule is C=C(C)C(=O)OC(C)OP(=O)(OO)OC(C)OC(=O)C(=C)C. The van der Waals surface area contributed by atoms with E-state index in [9.17, 15) is 14.2 Å². The lowest BCUT2D eigenvalue weighted by molar-refractivity contribution is -0.202. The molecule has 2 unspecified atom stereocenters. The van der Waals surface area contributed by atoms with E-state index in [2.05, 4.69) is 36.4 Å². The highest BCUT2D eigenvalue weighted by Crippen LogP contribution is 2.51. The molecule has 0 rings (SSSR count). The van der Waals surface area contributed by atoms with Crippen LogP contribution < -0.4 is 0 Å². The highest BCUT2D eigenvalue weighted by Gasteiger charge is 2.35. The van der Waals surface area contributed by atoms with Crippen LogP contribution in [-0.2, 0) is 37.3 Å². The van der Waals surface area contributed by atoms with Crippen molar-refractivity contribution in [1.29, 1.82) is 0 Å². The molecule has 0 saturated carbocycles. The van der Waals surface area contributed by atoms with Crippen LogP contribution in [0.2, 0.25) is 0 Å². The van der Waals surface area contributed by atoms with Gasteiger partial charge in [-0.1, -0.05) is 13.2 Å². The maximum Gasteiger partial charge on any atom is 0.508 e. The van der Waals surface area contributed by atoms with Gasteiger partial charge in [0.05, 0.1) is 0 Å². The molecule has 0 spiro atoms. The summed E-state index contributed by atoms with van der Waals surface area (Å²) in [6, 6.07) is 0. The van der Waals surface area contributed by atoms with Gasteiger partial charge in [-0.25, -0.2) is 28.5 Å². The van der Waals surface area contributed by atoms with Crippen molar-refractivity contribution in [2.45, 2.75) is 40.3 Å². The quantitative estimate of drug-likeness (QED) is 0.169. The molecule has 0 aromatic carbocycles. The minimum Gasteiger partial charge on any atom is -0.432 e. The average Bonchev–Trinajstić information content (AvgIpc) is 2.37. The van der Waals surface area contributed by atoms with Gasteiger partial charge in [0.15, 0.2) is 0 Å². The molecule has 1 N–H and O–H groups in total. The van der Waals surface area contributed by atoms with E-state index in [-0.39, 0.29) is 11.1 Å². The zero-order chi connectivity index (χ0) is 17.5. The normalized spacial score (nSPS) is 16.0. The van der Waals surface area contributed by atoms with Gasteiger partial charge in [-0.15, -0.1) is 4.67 Å². The molecule has 0 aromatic rings. The van der Waals surface area contributed by atoms with Crippen LogP contribution in [0.5, 0.6) is 0 Å². The van der Waals surface area contributed by atoms with E-state index < -0.39 is 32.3 Å². The van der Waals surface area contributed by atoms with E-state index in [0.717, 1.165) is 0 Å². The Bertz CT molecular complexity index is 459. The molecule has 0 amide bonds. The van der Waals surface area contributed by atoms with Crippen LogP contribution in [0.15, 0.2) is 24.3 Å². The molecule has 0 aliphatic rings. The summed E-state index contributed by atoms with van der Waals surface area (Å²) in [6.45, 7) is 11.9. The first kappa shape index (κ1) is 20.5. The number of ether oxygens (including phenoxy) is 2. The highest BCUT2D eigenvalue weighted by atomic mass is 31.2. The summed E-state index contributed by atoms with van der Waals surface area (Å²) >= 11 is 0. The molecule has 0 bridgehead atoms. The maximum atomic E-state index is 12.0. The van der Waals surface area contributed by atoms with E-state index >= 15 is 0 Å². The molecule has 0 aliphatic heterocycles. The molecule has 0 radical (unpaired) electrons. The summed E-state index contributed by atoms with van der Waals surface area (Å²) in [4.78, 5) is 22.5. The maximum absolute atomic E-state index is 12.0. The third-order valence-corrected chi connectivity index (χ3v) is 3.21. The second-order valence-corrected chi connectivity index (χ2v) is 5.73. The lowest BCUT2D eigenvalue weighted by Gasteiger charge is -2.21. The Morgan fingerprint density at radius 1 is 0.955 bits per heavy atom. The van der Waals surface area contributed by atoms with E-state index in [1.165, 1.54) is 27.7 Å². The van der Waals surface area contributed by atoms with Crippen molar-refractivity contribution in [2.24, 2.45) is 0 Å². The van der Waals surface area contributed by atoms with Gasteiger partial charge in [0.2, 0.25) is 12.6 Å². The van der Waals surface area contributed by atoms with Gasteiger partial charge in [0.1, 0.15) is 0 Å². The van der Waals surface area contributed by atoms with E-state index in [0.29, 0.717) is 0 Å². The highest BCUT2D eigenvalue weighted by molar-refractivity contribution is 7.48. The first-order chi connectivity index (χ1) is 10.0. The topological polar surface area (TPSA) is 118 Å². The van der Waals surface area contributed by atoms with Crippen molar-refractivity contribution >= 4 is 19.8 Å². The van der Waals surface area contributed by atoms with Crippen LogP contribution in [-0.4, -0.2) is 29.8 Å². The number of phosphoric ester groups is 1. The predicted octanol–water partition coefficient (Wildman–Crippen LogP) is 2.55. The zero-order valence-electron chi connectivity index (χ0n) is 12.7. The molecule has 0 fully saturated rings. The minimum absolute atomic E-state index is 0.0832. The molecular formula is C12H19O9P. The Balaban J connectivity index is 4.66. The summed E-state index contributed by atoms with van der Waals surface area (Å²) in [5.74, 6) is -1.61. The molecule has 0 saturated heterocycles. The second kappa shape index (κ2) is 8.82. The van der Waals surface area contributed by atoms with E-state index in [4.69, 9.17) is 5.26 Å². The van der Waals surface area contributed by atoms with Gasteiger partial charge in [-0.2, -0.15) is 0 Å². The lowest BCUT2D eigenvalue weighted by Crippen LogP contribution is -2.22. The van der Waals surface area contributed by atoms with Crippen LogP contribution in [0, 0.1) is 0 Å². The van der Waals surface area contributed by atoms with Crippen LogP contribution in [0.25, 0.3) is 0 Å². The van der Waals surface area contributed by atoms with Gasteiger partial charge >= 0.3 is 19.8 Å². The van der Waals surface area contributed by atoms with Crippen LogP contribution >= 0.6 is 7.82 Å². The zero-order valence-corrected chi connectivity index (χ0v) is 13.6. The lowest BCUT2D eigenvalue weighted by atomic mass is 10.4. The Hall–Kier alpha value is -1.51. The van der Waals surface area contributed by atoms with E-state index in [1.54, 1.807) is 0 Å². The van der Waals surface area contributed by atoms with Crippen LogP contribution in [0.1, 0.15) is 27.7 Å². The first-order valence-corrected chi connectivity index (χ1v) is 7.49. The molecule has 0 heterocycles. The smallest absolute Gasteiger partial charge is 0.432 e.